The molecule has 0 saturated carbocycles. The Balaban J connectivity index is 1.26. The Labute approximate surface area is 174 Å². The van der Waals surface area contributed by atoms with Gasteiger partial charge in [-0.15, -0.1) is 0 Å². The van der Waals surface area contributed by atoms with Crippen LogP contribution in [0.4, 0.5) is 0 Å². The van der Waals surface area contributed by atoms with E-state index in [1.807, 2.05) is 0 Å². The molecule has 5 rings (SSSR count). The molecule has 0 N–H and O–H groups in total. The van der Waals surface area contributed by atoms with Gasteiger partial charge in [0.05, 0.1) is 0 Å². The fourth-order valence-electron chi connectivity index (χ4n) is 5.26. The smallest absolute Gasteiger partial charge is 0.169 e. The molecule has 3 heteroatoms. The molecule has 0 spiro atoms. The first kappa shape index (κ1) is 18.7. The average molecular weight is 390 g/mol. The van der Waals surface area contributed by atoms with E-state index in [0.29, 0.717) is 6.04 Å². The van der Waals surface area contributed by atoms with Crippen molar-refractivity contribution in [1.29, 1.82) is 0 Å². The van der Waals surface area contributed by atoms with Gasteiger partial charge in [-0.1, -0.05) is 35.9 Å². The molecule has 0 radical (unpaired) electrons. The molecule has 2 heterocycles. The van der Waals surface area contributed by atoms with Crippen LogP contribution < -0.4 is 0 Å². The van der Waals surface area contributed by atoms with E-state index in [9.17, 15) is 0 Å². The van der Waals surface area contributed by atoms with Gasteiger partial charge in [0.25, 0.3) is 0 Å². The van der Waals surface area contributed by atoms with Crippen molar-refractivity contribution in [3.63, 3.8) is 0 Å². The van der Waals surface area contributed by atoms with Crippen LogP contribution in [0.25, 0.3) is 5.76 Å². The lowest BCUT2D eigenvalue weighted by Crippen LogP contribution is -2.41. The highest BCUT2D eigenvalue weighted by Gasteiger charge is 2.30. The van der Waals surface area contributed by atoms with Gasteiger partial charge in [-0.3, -0.25) is 4.90 Å². The second kappa shape index (κ2) is 8.23. The molecule has 0 aromatic heterocycles. The summed E-state index contributed by atoms with van der Waals surface area (Å²) in [5, 5.41) is 0. The van der Waals surface area contributed by atoms with Crippen LogP contribution in [0.1, 0.15) is 62.1 Å². The van der Waals surface area contributed by atoms with Crippen LogP contribution in [-0.4, -0.2) is 23.5 Å². The summed E-state index contributed by atoms with van der Waals surface area (Å²) >= 11 is 0. The average Bonchev–Trinajstić information content (AvgIpc) is 3.20. The van der Waals surface area contributed by atoms with Gasteiger partial charge >= 0.3 is 0 Å². The summed E-state index contributed by atoms with van der Waals surface area (Å²) in [7, 11) is 0. The summed E-state index contributed by atoms with van der Waals surface area (Å²) in [5.41, 5.74) is 5.51. The molecule has 1 aromatic carbocycles. The van der Waals surface area contributed by atoms with Gasteiger partial charge in [-0.05, 0) is 75.6 Å². The first-order valence-electron chi connectivity index (χ1n) is 11.2. The molecule has 1 fully saturated rings. The van der Waals surface area contributed by atoms with Gasteiger partial charge in [0.2, 0.25) is 0 Å². The Morgan fingerprint density at radius 1 is 1.10 bits per heavy atom. The van der Waals surface area contributed by atoms with E-state index in [2.05, 4.69) is 48.3 Å². The topological polar surface area (TPSA) is 21.7 Å². The number of nitrogens with zero attached hydrogens (tertiary/aromatic N) is 1. The Bertz CT molecular complexity index is 892. The Hall–Kier alpha value is -2.26. The maximum Gasteiger partial charge on any atom is 0.169 e. The summed E-state index contributed by atoms with van der Waals surface area (Å²) in [6, 6.07) is 8.30. The number of allylic oxidation sites excluding steroid dienone is 4. The van der Waals surface area contributed by atoms with Crippen molar-refractivity contribution in [3.05, 3.63) is 77.0 Å². The Morgan fingerprint density at radius 2 is 2.07 bits per heavy atom. The first-order chi connectivity index (χ1) is 14.3. The molecule has 1 saturated heterocycles. The monoisotopic (exact) mass is 389 g/mol. The van der Waals surface area contributed by atoms with Gasteiger partial charge in [0.15, 0.2) is 5.76 Å². The minimum atomic E-state index is 0.715. The molecule has 2 aliphatic heterocycles. The third-order valence-electron chi connectivity index (χ3n) is 6.88. The number of likely N-dealkylation sites (tertiary alicyclic amines) is 1. The van der Waals surface area contributed by atoms with Gasteiger partial charge in [-0.25, -0.2) is 0 Å². The maximum absolute atomic E-state index is 6.21. The number of ether oxygens (including phenoxy) is 2. The number of rotatable bonds is 4. The number of hydrogen-bond donors (Lipinski definition) is 0. The van der Waals surface area contributed by atoms with E-state index < -0.39 is 0 Å². The molecule has 2 aliphatic carbocycles. The van der Waals surface area contributed by atoms with E-state index in [-0.39, 0.29) is 0 Å². The molecular weight excluding hydrogens is 358 g/mol. The standard InChI is InChI=1S/C26H31NO2/c1-19-6-5-13-27(19)24-12-11-21-15-23(10-9-22(21)16-24)26-18-28-17-25(29-26)14-20-7-3-2-4-8-20/h2-3,7,9-10,15,17-19,24H,4-6,8,11-14,16H2,1H3. The summed E-state index contributed by atoms with van der Waals surface area (Å²) in [5.74, 6) is 1.72. The number of benzene rings is 1. The van der Waals surface area contributed by atoms with Crippen molar-refractivity contribution in [2.45, 2.75) is 70.4 Å². The van der Waals surface area contributed by atoms with E-state index in [4.69, 9.17) is 9.47 Å². The Morgan fingerprint density at radius 3 is 2.90 bits per heavy atom. The molecule has 3 nitrogen and oxygen atoms in total. The van der Waals surface area contributed by atoms with Crippen LogP contribution in [0, 0.1) is 0 Å². The van der Waals surface area contributed by atoms with Crippen LogP contribution in [-0.2, 0) is 22.3 Å². The van der Waals surface area contributed by atoms with Crippen LogP contribution >= 0.6 is 0 Å². The minimum absolute atomic E-state index is 0.715. The molecule has 0 amide bonds. The number of aryl methyl sites for hydroxylation is 1. The predicted molar refractivity (Wildman–Crippen MR) is 117 cm³/mol. The highest BCUT2D eigenvalue weighted by Crippen LogP contribution is 2.33. The van der Waals surface area contributed by atoms with E-state index >= 15 is 0 Å². The molecule has 4 aliphatic rings. The zero-order valence-electron chi connectivity index (χ0n) is 17.4. The highest BCUT2D eigenvalue weighted by atomic mass is 16.5. The lowest BCUT2D eigenvalue weighted by Gasteiger charge is -2.35. The fraction of sp³-hybridized carbons (Fsp3) is 0.462. The molecule has 2 unspecified atom stereocenters. The van der Waals surface area contributed by atoms with Gasteiger partial charge in [0, 0.05) is 24.1 Å². The molecule has 0 bridgehead atoms. The number of hydrogen-bond acceptors (Lipinski definition) is 3. The molecule has 29 heavy (non-hydrogen) atoms. The van der Waals surface area contributed by atoms with Gasteiger partial charge in [0.1, 0.15) is 18.3 Å². The summed E-state index contributed by atoms with van der Waals surface area (Å²) < 4.78 is 11.8. The summed E-state index contributed by atoms with van der Waals surface area (Å²) in [4.78, 5) is 2.74. The Kier molecular flexibility index (Phi) is 5.32. The fourth-order valence-corrected chi connectivity index (χ4v) is 5.26. The molecule has 2 atom stereocenters. The van der Waals surface area contributed by atoms with E-state index in [1.165, 1.54) is 48.9 Å². The highest BCUT2D eigenvalue weighted by molar-refractivity contribution is 5.62. The van der Waals surface area contributed by atoms with E-state index in [1.54, 1.807) is 12.5 Å². The maximum atomic E-state index is 6.21. The zero-order valence-corrected chi connectivity index (χ0v) is 17.4. The van der Waals surface area contributed by atoms with Crippen molar-refractivity contribution in [2.24, 2.45) is 0 Å². The van der Waals surface area contributed by atoms with Crippen molar-refractivity contribution < 1.29 is 9.47 Å². The van der Waals surface area contributed by atoms with Crippen LogP contribution in [0.5, 0.6) is 0 Å². The zero-order chi connectivity index (χ0) is 19.6. The van der Waals surface area contributed by atoms with Crippen molar-refractivity contribution in [2.75, 3.05) is 6.54 Å². The normalized spacial score (nSPS) is 26.7. The minimum Gasteiger partial charge on any atom is -0.465 e. The molecular formula is C26H31NO2. The van der Waals surface area contributed by atoms with Crippen molar-refractivity contribution in [3.8, 4) is 0 Å². The van der Waals surface area contributed by atoms with Gasteiger partial charge < -0.3 is 9.47 Å². The SMILES string of the molecule is CC1CCCN1C1CCc2cc(C3=COC=C(CC4=CC=CCC4)O3)ccc2C1. The second-order valence-electron chi connectivity index (χ2n) is 8.88. The third kappa shape index (κ3) is 4.06. The van der Waals surface area contributed by atoms with Gasteiger partial charge in [-0.2, -0.15) is 0 Å². The largest absolute Gasteiger partial charge is 0.465 e. The molecule has 1 aromatic rings. The lowest BCUT2D eigenvalue weighted by molar-refractivity contribution is 0.174. The van der Waals surface area contributed by atoms with Crippen LogP contribution in [0.3, 0.4) is 0 Å². The second-order valence-corrected chi connectivity index (χ2v) is 8.88. The number of fused-ring (bicyclic) bond motifs is 1. The summed E-state index contributed by atoms with van der Waals surface area (Å²) in [6.45, 7) is 3.67. The van der Waals surface area contributed by atoms with Crippen molar-refractivity contribution in [1.82, 2.24) is 4.90 Å². The quantitative estimate of drug-likeness (QED) is 0.642. The third-order valence-corrected chi connectivity index (χ3v) is 6.88. The predicted octanol–water partition coefficient (Wildman–Crippen LogP) is 5.88. The van der Waals surface area contributed by atoms with Crippen molar-refractivity contribution >= 4 is 5.76 Å². The molecule has 152 valence electrons. The summed E-state index contributed by atoms with van der Waals surface area (Å²) in [6.07, 6.45) is 19.4. The first-order valence-corrected chi connectivity index (χ1v) is 11.2. The van der Waals surface area contributed by atoms with Crippen LogP contribution in [0.2, 0.25) is 0 Å². The van der Waals surface area contributed by atoms with E-state index in [0.717, 1.165) is 48.8 Å². The lowest BCUT2D eigenvalue weighted by atomic mass is 9.86. The van der Waals surface area contributed by atoms with Crippen LogP contribution in [0.15, 0.2) is 60.3 Å².